The highest BCUT2D eigenvalue weighted by atomic mass is 16.5. The molecule has 1 fully saturated rings. The van der Waals surface area contributed by atoms with Crippen LogP contribution in [0.5, 0.6) is 0 Å². The second-order valence-electron chi connectivity index (χ2n) is 7.34. The lowest BCUT2D eigenvalue weighted by atomic mass is 10.0. The van der Waals surface area contributed by atoms with Crippen LogP contribution < -0.4 is 5.32 Å². The van der Waals surface area contributed by atoms with Crippen molar-refractivity contribution in [2.24, 2.45) is 0 Å². The molecule has 0 saturated heterocycles. The molecule has 0 unspecified atom stereocenters. The minimum Gasteiger partial charge on any atom is -0.457 e. The van der Waals surface area contributed by atoms with Crippen LogP contribution in [0.15, 0.2) is 36.4 Å². The molecule has 1 aromatic heterocycles. The normalized spacial score (nSPS) is 14.4. The van der Waals surface area contributed by atoms with Gasteiger partial charge in [0.2, 0.25) is 11.7 Å². The third-order valence-electron chi connectivity index (χ3n) is 5.01. The van der Waals surface area contributed by atoms with Crippen molar-refractivity contribution in [3.63, 3.8) is 0 Å². The van der Waals surface area contributed by atoms with E-state index in [2.05, 4.69) is 9.88 Å². The first-order valence-corrected chi connectivity index (χ1v) is 9.56. The maximum atomic E-state index is 12.6. The summed E-state index contributed by atoms with van der Waals surface area (Å²) in [4.78, 5) is 36.3. The SMILES string of the molecule is CC(=O)N[C@H](CC(=O)OCC(=O)c1cc(C)n(C2CC2)c1C)c1ccccc1. The molecular formula is C22H26N2O4. The Kier molecular flexibility index (Phi) is 5.97. The van der Waals surface area contributed by atoms with Gasteiger partial charge in [-0.3, -0.25) is 14.4 Å². The summed E-state index contributed by atoms with van der Waals surface area (Å²) < 4.78 is 7.41. The lowest BCUT2D eigenvalue weighted by molar-refractivity contribution is -0.143. The highest BCUT2D eigenvalue weighted by molar-refractivity contribution is 5.99. The number of hydrogen-bond acceptors (Lipinski definition) is 4. The average Bonchev–Trinajstić information content (AvgIpc) is 3.44. The summed E-state index contributed by atoms with van der Waals surface area (Å²) in [7, 11) is 0. The van der Waals surface area contributed by atoms with Crippen molar-refractivity contribution in [2.45, 2.75) is 52.1 Å². The van der Waals surface area contributed by atoms with Gasteiger partial charge in [-0.15, -0.1) is 0 Å². The number of aryl methyl sites for hydroxylation is 1. The predicted octanol–water partition coefficient (Wildman–Crippen LogP) is 3.43. The first-order valence-electron chi connectivity index (χ1n) is 9.56. The number of rotatable bonds is 8. The zero-order chi connectivity index (χ0) is 20.3. The molecule has 3 rings (SSSR count). The van der Waals surface area contributed by atoms with E-state index in [1.165, 1.54) is 6.92 Å². The summed E-state index contributed by atoms with van der Waals surface area (Å²) in [6.07, 6.45) is 2.25. The Morgan fingerprint density at radius 2 is 1.86 bits per heavy atom. The average molecular weight is 382 g/mol. The van der Waals surface area contributed by atoms with E-state index in [-0.39, 0.29) is 24.7 Å². The number of carbonyl (C=O) groups is 3. The Labute approximate surface area is 164 Å². The molecular weight excluding hydrogens is 356 g/mol. The van der Waals surface area contributed by atoms with E-state index in [1.807, 2.05) is 50.2 Å². The smallest absolute Gasteiger partial charge is 0.308 e. The number of ketones is 1. The van der Waals surface area contributed by atoms with Gasteiger partial charge >= 0.3 is 5.97 Å². The van der Waals surface area contributed by atoms with Crippen molar-refractivity contribution in [2.75, 3.05) is 6.61 Å². The van der Waals surface area contributed by atoms with Gasteiger partial charge in [-0.25, -0.2) is 0 Å². The highest BCUT2D eigenvalue weighted by Crippen LogP contribution is 2.38. The molecule has 1 atom stereocenters. The Hall–Kier alpha value is -2.89. The van der Waals surface area contributed by atoms with Crippen LogP contribution >= 0.6 is 0 Å². The molecule has 1 saturated carbocycles. The molecule has 0 aliphatic heterocycles. The Morgan fingerprint density at radius 1 is 1.18 bits per heavy atom. The van der Waals surface area contributed by atoms with Gasteiger partial charge in [0, 0.05) is 29.9 Å². The number of carbonyl (C=O) groups excluding carboxylic acids is 3. The Morgan fingerprint density at radius 3 is 2.46 bits per heavy atom. The lowest BCUT2D eigenvalue weighted by Gasteiger charge is -2.17. The van der Waals surface area contributed by atoms with Gasteiger partial charge < -0.3 is 14.6 Å². The summed E-state index contributed by atoms with van der Waals surface area (Å²) in [6.45, 7) is 5.03. The minimum absolute atomic E-state index is 0.0298. The van der Waals surface area contributed by atoms with Crippen LogP contribution in [0.3, 0.4) is 0 Å². The van der Waals surface area contributed by atoms with Crippen LogP contribution in [0.4, 0.5) is 0 Å². The number of aromatic nitrogens is 1. The van der Waals surface area contributed by atoms with E-state index in [1.54, 1.807) is 0 Å². The van der Waals surface area contributed by atoms with Gasteiger partial charge in [-0.2, -0.15) is 0 Å². The molecule has 1 N–H and O–H groups in total. The van der Waals surface area contributed by atoms with Crippen LogP contribution in [-0.2, 0) is 14.3 Å². The highest BCUT2D eigenvalue weighted by Gasteiger charge is 2.28. The molecule has 0 radical (unpaired) electrons. The maximum Gasteiger partial charge on any atom is 0.308 e. The third kappa shape index (κ3) is 4.68. The Bertz CT molecular complexity index is 881. The van der Waals surface area contributed by atoms with Crippen molar-refractivity contribution >= 4 is 17.7 Å². The number of amides is 1. The minimum atomic E-state index is -0.521. The first kappa shape index (κ1) is 19.9. The second-order valence-corrected chi connectivity index (χ2v) is 7.34. The van der Waals surface area contributed by atoms with Crippen LogP contribution in [0.25, 0.3) is 0 Å². The zero-order valence-electron chi connectivity index (χ0n) is 16.5. The van der Waals surface area contributed by atoms with Crippen molar-refractivity contribution in [3.8, 4) is 0 Å². The standard InChI is InChI=1S/C22H26N2O4/c1-14-11-19(15(2)24(14)18-9-10-18)21(26)13-28-22(27)12-20(23-16(3)25)17-7-5-4-6-8-17/h4-8,11,18,20H,9-10,12-13H2,1-3H3,(H,23,25)/t20-/m1/s1. The fraction of sp³-hybridized carbons (Fsp3) is 0.409. The predicted molar refractivity (Wildman–Crippen MR) is 105 cm³/mol. The summed E-state index contributed by atoms with van der Waals surface area (Å²) in [5.74, 6) is -0.957. The number of nitrogens with zero attached hydrogens (tertiary/aromatic N) is 1. The van der Waals surface area contributed by atoms with Gasteiger partial charge in [0.25, 0.3) is 0 Å². The van der Waals surface area contributed by atoms with E-state index in [0.29, 0.717) is 11.6 Å². The molecule has 6 nitrogen and oxygen atoms in total. The molecule has 1 heterocycles. The summed E-state index contributed by atoms with van der Waals surface area (Å²) in [5.41, 5.74) is 3.42. The topological polar surface area (TPSA) is 77.4 Å². The number of esters is 1. The fourth-order valence-electron chi connectivity index (χ4n) is 3.59. The molecule has 1 aromatic carbocycles. The van der Waals surface area contributed by atoms with Gasteiger partial charge in [0.1, 0.15) is 0 Å². The molecule has 2 aromatic rings. The second kappa shape index (κ2) is 8.42. The van der Waals surface area contributed by atoms with Crippen molar-refractivity contribution in [3.05, 3.63) is 58.9 Å². The van der Waals surface area contributed by atoms with E-state index < -0.39 is 12.0 Å². The molecule has 28 heavy (non-hydrogen) atoms. The van der Waals surface area contributed by atoms with Gasteiger partial charge in [-0.1, -0.05) is 30.3 Å². The summed E-state index contributed by atoms with van der Waals surface area (Å²) in [6, 6.07) is 11.1. The van der Waals surface area contributed by atoms with Gasteiger partial charge in [-0.05, 0) is 38.3 Å². The molecule has 1 aliphatic carbocycles. The Balaban J connectivity index is 1.60. The molecule has 1 amide bonds. The van der Waals surface area contributed by atoms with E-state index in [9.17, 15) is 14.4 Å². The zero-order valence-corrected chi connectivity index (χ0v) is 16.5. The third-order valence-corrected chi connectivity index (χ3v) is 5.01. The van der Waals surface area contributed by atoms with Crippen molar-refractivity contribution < 1.29 is 19.1 Å². The molecule has 0 bridgehead atoms. The van der Waals surface area contributed by atoms with Crippen molar-refractivity contribution in [1.82, 2.24) is 9.88 Å². The maximum absolute atomic E-state index is 12.6. The monoisotopic (exact) mass is 382 g/mol. The van der Waals surface area contributed by atoms with E-state index in [4.69, 9.17) is 4.74 Å². The number of Topliss-reactive ketones (excluding diaryl/α,β-unsaturated/α-hetero) is 1. The van der Waals surface area contributed by atoms with E-state index >= 15 is 0 Å². The number of hydrogen-bond donors (Lipinski definition) is 1. The molecule has 1 aliphatic rings. The van der Waals surface area contributed by atoms with Crippen LogP contribution in [0, 0.1) is 13.8 Å². The molecule has 0 spiro atoms. The quantitative estimate of drug-likeness (QED) is 0.560. The van der Waals surface area contributed by atoms with Crippen LogP contribution in [0.2, 0.25) is 0 Å². The summed E-state index contributed by atoms with van der Waals surface area (Å²) >= 11 is 0. The van der Waals surface area contributed by atoms with Crippen LogP contribution in [0.1, 0.15) is 65.6 Å². The van der Waals surface area contributed by atoms with Gasteiger partial charge in [0.15, 0.2) is 6.61 Å². The number of nitrogens with one attached hydrogen (secondary N) is 1. The molecule has 6 heteroatoms. The lowest BCUT2D eigenvalue weighted by Crippen LogP contribution is -2.29. The number of benzene rings is 1. The number of ether oxygens (including phenoxy) is 1. The molecule has 148 valence electrons. The van der Waals surface area contributed by atoms with E-state index in [0.717, 1.165) is 29.8 Å². The summed E-state index contributed by atoms with van der Waals surface area (Å²) in [5, 5.41) is 2.76. The fourth-order valence-corrected chi connectivity index (χ4v) is 3.59. The van der Waals surface area contributed by atoms with Crippen molar-refractivity contribution in [1.29, 1.82) is 0 Å². The largest absolute Gasteiger partial charge is 0.457 e. The first-order chi connectivity index (χ1) is 13.4. The van der Waals surface area contributed by atoms with Crippen LogP contribution in [-0.4, -0.2) is 28.8 Å². The van der Waals surface area contributed by atoms with Gasteiger partial charge in [0.05, 0.1) is 12.5 Å².